The number of unbranched alkanes of at least 4 members (excludes halogenated alkanes) is 2. The fourth-order valence-corrected chi connectivity index (χ4v) is 5.83. The van der Waals surface area contributed by atoms with Gasteiger partial charge in [-0.1, -0.05) is 69.7 Å². The molecule has 4 heteroatoms. The van der Waals surface area contributed by atoms with Gasteiger partial charge in [0.05, 0.1) is 0 Å². The number of amides is 1. The quantitative estimate of drug-likeness (QED) is 0.182. The van der Waals surface area contributed by atoms with E-state index < -0.39 is 0 Å². The Bertz CT molecular complexity index is 1210. The molecule has 2 heterocycles. The largest absolute Gasteiger partial charge is 0.331 e. The second-order valence-corrected chi connectivity index (χ2v) is 12.1. The van der Waals surface area contributed by atoms with Crippen molar-refractivity contribution in [1.29, 1.82) is 0 Å². The van der Waals surface area contributed by atoms with Gasteiger partial charge >= 0.3 is 0 Å². The van der Waals surface area contributed by atoms with Crippen LogP contribution in [0.2, 0.25) is 0 Å². The molecule has 0 unspecified atom stereocenters. The number of nitrogens with zero attached hydrogens (tertiary/aromatic N) is 2. The summed E-state index contributed by atoms with van der Waals surface area (Å²) in [5.41, 5.74) is 5.29. The van der Waals surface area contributed by atoms with Gasteiger partial charge in [-0.3, -0.25) is 4.79 Å². The number of rotatable bonds is 11. The molecule has 206 valence electrons. The second-order valence-electron chi connectivity index (χ2n) is 11.3. The Morgan fingerprint density at radius 1 is 1.00 bits per heavy atom. The molecule has 3 aromatic rings. The van der Waals surface area contributed by atoms with Crippen LogP contribution in [0.5, 0.6) is 0 Å². The lowest BCUT2D eigenvalue weighted by molar-refractivity contribution is 0.0546. The minimum atomic E-state index is 0.144. The van der Waals surface area contributed by atoms with Crippen molar-refractivity contribution in [1.82, 2.24) is 9.80 Å². The predicted octanol–water partition coefficient (Wildman–Crippen LogP) is 8.03. The molecule has 0 N–H and O–H groups in total. The third kappa shape index (κ3) is 9.09. The predicted molar refractivity (Wildman–Crippen MR) is 165 cm³/mol. The lowest BCUT2D eigenvalue weighted by Crippen LogP contribution is -2.47. The van der Waals surface area contributed by atoms with Gasteiger partial charge in [0.15, 0.2) is 0 Å². The zero-order chi connectivity index (χ0) is 27.5. The number of hydrogen-bond donors (Lipinski definition) is 0. The van der Waals surface area contributed by atoms with E-state index in [-0.39, 0.29) is 11.9 Å². The van der Waals surface area contributed by atoms with Gasteiger partial charge in [-0.2, -0.15) is 11.3 Å². The van der Waals surface area contributed by atoms with E-state index >= 15 is 0 Å². The maximum Gasteiger partial charge on any atom is 0.254 e. The first-order valence-corrected chi connectivity index (χ1v) is 15.7. The molecule has 39 heavy (non-hydrogen) atoms. The second kappa shape index (κ2) is 15.1. The van der Waals surface area contributed by atoms with Gasteiger partial charge in [0.2, 0.25) is 0 Å². The van der Waals surface area contributed by atoms with Crippen molar-refractivity contribution < 1.29 is 4.79 Å². The van der Waals surface area contributed by atoms with Crippen LogP contribution >= 0.6 is 11.3 Å². The van der Waals surface area contributed by atoms with Gasteiger partial charge < -0.3 is 9.80 Å². The first kappa shape index (κ1) is 29.1. The average molecular weight is 541 g/mol. The van der Waals surface area contributed by atoms with Crippen molar-refractivity contribution in [2.24, 2.45) is 5.92 Å². The van der Waals surface area contributed by atoms with Gasteiger partial charge in [0.25, 0.3) is 5.91 Å². The first-order chi connectivity index (χ1) is 19.0. The minimum Gasteiger partial charge on any atom is -0.331 e. The summed E-state index contributed by atoms with van der Waals surface area (Å²) in [6, 6.07) is 19.1. The van der Waals surface area contributed by atoms with E-state index in [4.69, 9.17) is 0 Å². The molecule has 1 fully saturated rings. The highest BCUT2D eigenvalue weighted by Crippen LogP contribution is 2.23. The summed E-state index contributed by atoms with van der Waals surface area (Å²) in [4.78, 5) is 18.7. The lowest BCUT2D eigenvalue weighted by atomic mass is 9.99. The molecule has 1 saturated heterocycles. The zero-order valence-corrected chi connectivity index (χ0v) is 24.8. The molecule has 0 bridgehead atoms. The van der Waals surface area contributed by atoms with Crippen LogP contribution in [-0.2, 0) is 13.0 Å². The summed E-state index contributed by atoms with van der Waals surface area (Å²) in [7, 11) is 0. The molecular formula is C35H44N2OS. The fraction of sp³-hybridized carbons (Fsp3) is 0.457. The van der Waals surface area contributed by atoms with Crippen LogP contribution in [0.4, 0.5) is 0 Å². The SMILES string of the molecule is CCCCCc1ccc(C(=O)N(Cc2cccc(C#Cc3ccsc3)c2)C2CCN(CCC(C)C)CC2)cc1. The number of likely N-dealkylation sites (tertiary alicyclic amines) is 1. The van der Waals surface area contributed by atoms with Crippen molar-refractivity contribution in [3.63, 3.8) is 0 Å². The van der Waals surface area contributed by atoms with Crippen molar-refractivity contribution in [3.8, 4) is 11.8 Å². The van der Waals surface area contributed by atoms with Crippen LogP contribution in [0, 0.1) is 17.8 Å². The number of carbonyl (C=O) groups excluding carboxylic acids is 1. The van der Waals surface area contributed by atoms with Gasteiger partial charge in [0, 0.05) is 47.7 Å². The number of hydrogen-bond acceptors (Lipinski definition) is 3. The zero-order valence-electron chi connectivity index (χ0n) is 24.0. The van der Waals surface area contributed by atoms with Gasteiger partial charge in [0.1, 0.15) is 0 Å². The molecule has 1 aromatic heterocycles. The number of piperidine rings is 1. The van der Waals surface area contributed by atoms with Crippen LogP contribution in [0.1, 0.15) is 91.9 Å². The maximum absolute atomic E-state index is 14.0. The molecule has 0 aliphatic carbocycles. The van der Waals surface area contributed by atoms with Gasteiger partial charge in [-0.15, -0.1) is 0 Å². The van der Waals surface area contributed by atoms with E-state index in [0.29, 0.717) is 6.54 Å². The summed E-state index contributed by atoms with van der Waals surface area (Å²) >= 11 is 1.66. The summed E-state index contributed by atoms with van der Waals surface area (Å²) in [5, 5.41) is 4.12. The molecule has 0 radical (unpaired) electrons. The molecule has 2 aromatic carbocycles. The highest BCUT2D eigenvalue weighted by atomic mass is 32.1. The Morgan fingerprint density at radius 3 is 2.46 bits per heavy atom. The Hall–Kier alpha value is -2.87. The van der Waals surface area contributed by atoms with Crippen LogP contribution in [0.15, 0.2) is 65.4 Å². The Labute approximate surface area is 240 Å². The molecule has 3 nitrogen and oxygen atoms in total. The van der Waals surface area contributed by atoms with Crippen LogP contribution in [-0.4, -0.2) is 41.4 Å². The summed E-state index contributed by atoms with van der Waals surface area (Å²) in [6.07, 6.45) is 8.05. The van der Waals surface area contributed by atoms with Crippen molar-refractivity contribution in [2.75, 3.05) is 19.6 Å². The summed E-state index contributed by atoms with van der Waals surface area (Å²) in [6.45, 7) is 10.7. The summed E-state index contributed by atoms with van der Waals surface area (Å²) in [5.74, 6) is 7.43. The minimum absolute atomic E-state index is 0.144. The molecular weight excluding hydrogens is 496 g/mol. The van der Waals surface area contributed by atoms with Crippen LogP contribution in [0.3, 0.4) is 0 Å². The molecule has 1 aliphatic rings. The smallest absolute Gasteiger partial charge is 0.254 e. The topological polar surface area (TPSA) is 23.6 Å². The number of benzene rings is 2. The first-order valence-electron chi connectivity index (χ1n) is 14.8. The van der Waals surface area contributed by atoms with E-state index in [0.717, 1.165) is 67.1 Å². The third-order valence-corrected chi connectivity index (χ3v) is 8.39. The van der Waals surface area contributed by atoms with Gasteiger partial charge in [-0.25, -0.2) is 0 Å². The van der Waals surface area contributed by atoms with Crippen molar-refractivity contribution >= 4 is 17.2 Å². The fourth-order valence-electron chi connectivity index (χ4n) is 5.25. The Kier molecular flexibility index (Phi) is 11.2. The van der Waals surface area contributed by atoms with Gasteiger partial charge in [-0.05, 0) is 91.4 Å². The maximum atomic E-state index is 14.0. The Morgan fingerprint density at radius 2 is 1.77 bits per heavy atom. The Balaban J connectivity index is 1.50. The third-order valence-electron chi connectivity index (χ3n) is 7.70. The molecule has 0 spiro atoms. The lowest BCUT2D eigenvalue weighted by Gasteiger charge is -2.39. The average Bonchev–Trinajstić information content (AvgIpc) is 3.48. The van der Waals surface area contributed by atoms with Crippen LogP contribution in [0.25, 0.3) is 0 Å². The van der Waals surface area contributed by atoms with E-state index in [1.165, 1.54) is 31.2 Å². The monoisotopic (exact) mass is 540 g/mol. The molecule has 0 atom stereocenters. The molecule has 1 aliphatic heterocycles. The molecule has 4 rings (SSSR count). The molecule has 1 amide bonds. The van der Waals surface area contributed by atoms with E-state index in [1.807, 2.05) is 18.2 Å². The molecule has 0 saturated carbocycles. The highest BCUT2D eigenvalue weighted by molar-refractivity contribution is 7.08. The van der Waals surface area contributed by atoms with E-state index in [1.54, 1.807) is 11.3 Å². The van der Waals surface area contributed by atoms with Crippen molar-refractivity contribution in [3.05, 3.63) is 93.2 Å². The number of thiophene rings is 1. The standard InChI is InChI=1S/C35H44N2OS/c1-4-5-6-8-29-13-15-33(16-14-29)35(38)37(34-18-22-36(23-19-34)21-17-28(2)3)26-32-10-7-9-30(25-32)11-12-31-20-24-39-27-31/h7,9-10,13-16,20,24-25,27-28,34H,4-6,8,17-19,21-23,26H2,1-3H3. The summed E-state index contributed by atoms with van der Waals surface area (Å²) < 4.78 is 0. The highest BCUT2D eigenvalue weighted by Gasteiger charge is 2.29. The van der Waals surface area contributed by atoms with E-state index in [2.05, 4.69) is 89.6 Å². The van der Waals surface area contributed by atoms with E-state index in [9.17, 15) is 4.79 Å². The van der Waals surface area contributed by atoms with Crippen molar-refractivity contribution in [2.45, 2.75) is 78.3 Å². The van der Waals surface area contributed by atoms with Crippen LogP contribution < -0.4 is 0 Å². The normalized spacial score (nSPS) is 14.3. The number of carbonyl (C=O) groups is 1. The number of aryl methyl sites for hydroxylation is 1.